The maximum absolute atomic E-state index is 3.38. The Labute approximate surface area is 116 Å². The zero-order chi connectivity index (χ0) is 13.1. The van der Waals surface area contributed by atoms with Crippen LogP contribution in [-0.4, -0.2) is 55.1 Å². The predicted octanol–water partition coefficient (Wildman–Crippen LogP) is 1.47. The Balaban J connectivity index is 1.53. The molecule has 3 heteroatoms. The molecule has 1 aromatic rings. The summed E-state index contributed by atoms with van der Waals surface area (Å²) in [6.45, 7) is 10.6. The highest BCUT2D eigenvalue weighted by atomic mass is 15.3. The zero-order valence-electron chi connectivity index (χ0n) is 11.9. The van der Waals surface area contributed by atoms with Gasteiger partial charge < -0.3 is 5.32 Å². The van der Waals surface area contributed by atoms with Crippen molar-refractivity contribution in [2.45, 2.75) is 25.9 Å². The monoisotopic (exact) mass is 259 g/mol. The van der Waals surface area contributed by atoms with E-state index < -0.39 is 0 Å². The molecule has 3 nitrogen and oxygen atoms in total. The molecule has 1 N–H and O–H groups in total. The Bertz CT molecular complexity index is 397. The third-order valence-corrected chi connectivity index (χ3v) is 4.43. The highest BCUT2D eigenvalue weighted by molar-refractivity contribution is 5.21. The summed E-state index contributed by atoms with van der Waals surface area (Å²) in [5, 5.41) is 3.38. The fourth-order valence-corrected chi connectivity index (χ4v) is 3.00. The van der Waals surface area contributed by atoms with Crippen molar-refractivity contribution in [3.8, 4) is 0 Å². The first-order valence-electron chi connectivity index (χ1n) is 7.54. The van der Waals surface area contributed by atoms with E-state index in [0.29, 0.717) is 0 Å². The first-order valence-corrected chi connectivity index (χ1v) is 7.54. The van der Waals surface area contributed by atoms with Gasteiger partial charge in [-0.05, 0) is 32.0 Å². The average molecular weight is 259 g/mol. The van der Waals surface area contributed by atoms with E-state index in [9.17, 15) is 0 Å². The molecule has 19 heavy (non-hydrogen) atoms. The molecule has 3 rings (SSSR count). The molecule has 0 saturated carbocycles. The summed E-state index contributed by atoms with van der Waals surface area (Å²) >= 11 is 0. The number of aryl methyl sites for hydroxylation is 1. The van der Waals surface area contributed by atoms with Crippen molar-refractivity contribution in [1.82, 2.24) is 15.1 Å². The topological polar surface area (TPSA) is 18.5 Å². The minimum atomic E-state index is 0.805. The van der Waals surface area contributed by atoms with Crippen molar-refractivity contribution >= 4 is 0 Å². The van der Waals surface area contributed by atoms with Crippen molar-refractivity contribution in [3.63, 3.8) is 0 Å². The molecule has 1 aromatic carbocycles. The molecule has 0 amide bonds. The van der Waals surface area contributed by atoms with Crippen LogP contribution in [0.4, 0.5) is 0 Å². The third-order valence-electron chi connectivity index (χ3n) is 4.43. The van der Waals surface area contributed by atoms with Crippen LogP contribution in [-0.2, 0) is 6.54 Å². The summed E-state index contributed by atoms with van der Waals surface area (Å²) in [4.78, 5) is 5.28. The Morgan fingerprint density at radius 1 is 1.05 bits per heavy atom. The Hall–Kier alpha value is -0.900. The largest absolute Gasteiger partial charge is 0.314 e. The van der Waals surface area contributed by atoms with Gasteiger partial charge in [0, 0.05) is 38.8 Å². The predicted molar refractivity (Wildman–Crippen MR) is 79.3 cm³/mol. The minimum absolute atomic E-state index is 0.805. The van der Waals surface area contributed by atoms with Gasteiger partial charge in [-0.2, -0.15) is 0 Å². The quantitative estimate of drug-likeness (QED) is 0.887. The SMILES string of the molecule is Cc1ccc(CN2CCCN(C3CNC3)CC2)cc1. The number of hydrogen-bond acceptors (Lipinski definition) is 3. The van der Waals surface area contributed by atoms with Crippen LogP contribution in [0.2, 0.25) is 0 Å². The second kappa shape index (κ2) is 6.04. The maximum Gasteiger partial charge on any atom is 0.0345 e. The zero-order valence-corrected chi connectivity index (χ0v) is 11.9. The minimum Gasteiger partial charge on any atom is -0.314 e. The second-order valence-electron chi connectivity index (χ2n) is 5.96. The van der Waals surface area contributed by atoms with Gasteiger partial charge in [0.2, 0.25) is 0 Å². The fourth-order valence-electron chi connectivity index (χ4n) is 3.00. The molecule has 2 fully saturated rings. The van der Waals surface area contributed by atoms with E-state index in [-0.39, 0.29) is 0 Å². The van der Waals surface area contributed by atoms with Gasteiger partial charge in [-0.25, -0.2) is 0 Å². The van der Waals surface area contributed by atoms with E-state index in [0.717, 1.165) is 12.6 Å². The number of nitrogens with one attached hydrogen (secondary N) is 1. The summed E-state index contributed by atoms with van der Waals surface area (Å²) in [6.07, 6.45) is 1.31. The summed E-state index contributed by atoms with van der Waals surface area (Å²) < 4.78 is 0. The van der Waals surface area contributed by atoms with Crippen LogP contribution >= 0.6 is 0 Å². The Morgan fingerprint density at radius 2 is 1.84 bits per heavy atom. The number of benzene rings is 1. The van der Waals surface area contributed by atoms with Crippen molar-refractivity contribution in [1.29, 1.82) is 0 Å². The van der Waals surface area contributed by atoms with Crippen molar-refractivity contribution in [2.24, 2.45) is 0 Å². The van der Waals surface area contributed by atoms with Gasteiger partial charge in [0.15, 0.2) is 0 Å². The van der Waals surface area contributed by atoms with Gasteiger partial charge in [0.25, 0.3) is 0 Å². The van der Waals surface area contributed by atoms with Crippen LogP contribution in [0.5, 0.6) is 0 Å². The van der Waals surface area contributed by atoms with Crippen LogP contribution in [0, 0.1) is 6.92 Å². The Morgan fingerprint density at radius 3 is 2.53 bits per heavy atom. The summed E-state index contributed by atoms with van der Waals surface area (Å²) in [7, 11) is 0. The van der Waals surface area contributed by atoms with Crippen LogP contribution in [0.1, 0.15) is 17.5 Å². The molecule has 0 unspecified atom stereocenters. The first-order chi connectivity index (χ1) is 9.31. The van der Waals surface area contributed by atoms with Crippen LogP contribution < -0.4 is 5.32 Å². The molecule has 104 valence electrons. The van der Waals surface area contributed by atoms with Crippen molar-refractivity contribution in [3.05, 3.63) is 35.4 Å². The Kier molecular flexibility index (Phi) is 4.16. The van der Waals surface area contributed by atoms with Gasteiger partial charge in [0.1, 0.15) is 0 Å². The van der Waals surface area contributed by atoms with Gasteiger partial charge in [-0.3, -0.25) is 9.80 Å². The van der Waals surface area contributed by atoms with Gasteiger partial charge in [-0.15, -0.1) is 0 Å². The highest BCUT2D eigenvalue weighted by Gasteiger charge is 2.26. The van der Waals surface area contributed by atoms with E-state index in [1.807, 2.05) is 0 Å². The lowest BCUT2D eigenvalue weighted by atomic mass is 10.1. The second-order valence-corrected chi connectivity index (χ2v) is 5.96. The third kappa shape index (κ3) is 3.35. The summed E-state index contributed by atoms with van der Waals surface area (Å²) in [6, 6.07) is 9.79. The van der Waals surface area contributed by atoms with Gasteiger partial charge in [-0.1, -0.05) is 29.8 Å². The molecule has 0 aliphatic carbocycles. The van der Waals surface area contributed by atoms with E-state index in [4.69, 9.17) is 0 Å². The van der Waals surface area contributed by atoms with Gasteiger partial charge >= 0.3 is 0 Å². The smallest absolute Gasteiger partial charge is 0.0345 e. The van der Waals surface area contributed by atoms with E-state index in [2.05, 4.69) is 46.3 Å². The van der Waals surface area contributed by atoms with E-state index >= 15 is 0 Å². The molecule has 0 bridgehead atoms. The van der Waals surface area contributed by atoms with Crippen molar-refractivity contribution < 1.29 is 0 Å². The molecule has 2 aliphatic rings. The molecule has 0 spiro atoms. The normalized spacial score (nSPS) is 23.0. The molecule has 0 atom stereocenters. The highest BCUT2D eigenvalue weighted by Crippen LogP contribution is 2.13. The lowest BCUT2D eigenvalue weighted by Gasteiger charge is -2.37. The van der Waals surface area contributed by atoms with Crippen LogP contribution in [0.3, 0.4) is 0 Å². The molecular formula is C16H25N3. The van der Waals surface area contributed by atoms with Crippen LogP contribution in [0.25, 0.3) is 0 Å². The summed E-state index contributed by atoms with van der Waals surface area (Å²) in [5.74, 6) is 0. The molecular weight excluding hydrogens is 234 g/mol. The maximum atomic E-state index is 3.38. The molecule has 2 saturated heterocycles. The fraction of sp³-hybridized carbons (Fsp3) is 0.625. The number of hydrogen-bond donors (Lipinski definition) is 1. The number of rotatable bonds is 3. The lowest BCUT2D eigenvalue weighted by Crippen LogP contribution is -2.57. The standard InChI is InChI=1S/C16H25N3/c1-14-3-5-15(6-4-14)13-18-7-2-8-19(10-9-18)16-11-17-12-16/h3-6,16-17H,2,7-13H2,1H3. The molecule has 0 aromatic heterocycles. The average Bonchev–Trinajstić information content (AvgIpc) is 2.56. The van der Waals surface area contributed by atoms with Crippen LogP contribution in [0.15, 0.2) is 24.3 Å². The lowest BCUT2D eigenvalue weighted by molar-refractivity contribution is 0.148. The molecule has 0 radical (unpaired) electrons. The van der Waals surface area contributed by atoms with E-state index in [1.54, 1.807) is 0 Å². The van der Waals surface area contributed by atoms with Gasteiger partial charge in [0.05, 0.1) is 0 Å². The first kappa shape index (κ1) is 13.1. The van der Waals surface area contributed by atoms with Crippen molar-refractivity contribution in [2.75, 3.05) is 39.3 Å². The molecule has 2 heterocycles. The number of nitrogens with zero attached hydrogens (tertiary/aromatic N) is 2. The molecule has 2 aliphatic heterocycles. The van der Waals surface area contributed by atoms with E-state index in [1.165, 1.54) is 56.8 Å². The summed E-state index contributed by atoms with van der Waals surface area (Å²) in [5.41, 5.74) is 2.80.